The van der Waals surface area contributed by atoms with Crippen molar-refractivity contribution in [3.8, 4) is 0 Å². The molecule has 1 aromatic rings. The second-order valence-corrected chi connectivity index (χ2v) is 11.1. The fraction of sp³-hybridized carbons (Fsp3) is 0.767. The average molecular weight is 473 g/mol. The molecule has 1 heterocycles. The first kappa shape index (κ1) is 28.8. The molecule has 1 aromatic carbocycles. The van der Waals surface area contributed by atoms with Crippen LogP contribution >= 0.6 is 0 Å². The molecule has 2 rings (SSSR count). The number of rotatable bonds is 15. The van der Waals surface area contributed by atoms with Crippen LogP contribution in [0.2, 0.25) is 0 Å². The lowest BCUT2D eigenvalue weighted by Crippen LogP contribution is -2.66. The van der Waals surface area contributed by atoms with E-state index in [-0.39, 0.29) is 29.1 Å². The first-order chi connectivity index (χ1) is 16.3. The third-order valence-corrected chi connectivity index (χ3v) is 7.82. The first-order valence-electron chi connectivity index (χ1n) is 14.1. The lowest BCUT2D eigenvalue weighted by atomic mass is 9.74. The molecule has 0 aliphatic carbocycles. The largest absolute Gasteiger partial charge is 0.353 e. The quantitative estimate of drug-likeness (QED) is 0.262. The molecule has 2 atom stereocenters. The summed E-state index contributed by atoms with van der Waals surface area (Å²) in [6.07, 6.45) is 14.6. The van der Waals surface area contributed by atoms with Crippen molar-refractivity contribution in [1.82, 2.24) is 10.4 Å². The molecule has 0 spiro atoms. The topological polar surface area (TPSA) is 41.6 Å². The van der Waals surface area contributed by atoms with Crippen LogP contribution in [0.25, 0.3) is 0 Å². The van der Waals surface area contributed by atoms with E-state index in [4.69, 9.17) is 4.84 Å². The summed E-state index contributed by atoms with van der Waals surface area (Å²) in [5.74, 6) is 0.222. The van der Waals surface area contributed by atoms with Crippen LogP contribution in [-0.2, 0) is 9.63 Å². The van der Waals surface area contributed by atoms with Crippen LogP contribution in [0.4, 0.5) is 0 Å². The van der Waals surface area contributed by atoms with E-state index in [1.807, 2.05) is 6.07 Å². The Kier molecular flexibility index (Phi) is 12.1. The van der Waals surface area contributed by atoms with Crippen LogP contribution in [0, 0.1) is 0 Å². The molecule has 0 saturated carbocycles. The summed E-state index contributed by atoms with van der Waals surface area (Å²) in [5, 5.41) is 5.69. The minimum absolute atomic E-state index is 0.00827. The molecule has 0 aromatic heterocycles. The highest BCUT2D eigenvalue weighted by molar-refractivity contribution is 5.76. The van der Waals surface area contributed by atoms with Gasteiger partial charge in [-0.2, -0.15) is 5.06 Å². The van der Waals surface area contributed by atoms with E-state index in [0.29, 0.717) is 6.42 Å². The van der Waals surface area contributed by atoms with Crippen molar-refractivity contribution in [1.29, 1.82) is 0 Å². The molecule has 1 aliphatic heterocycles. The standard InChI is InChI=1S/C30H52N2O2/c1-7-10-11-12-13-14-15-19-22-28(33)31-27-23-29(5,6)32(30(8-2,9-3)24-27)34-25(4)26-20-17-16-18-21-26/h16-18,20-21,25,27H,7-15,19,22-24H2,1-6H3,(H,31,33). The zero-order valence-corrected chi connectivity index (χ0v) is 23.0. The van der Waals surface area contributed by atoms with Gasteiger partial charge >= 0.3 is 0 Å². The van der Waals surface area contributed by atoms with E-state index in [0.717, 1.165) is 32.1 Å². The summed E-state index contributed by atoms with van der Waals surface area (Å²) in [7, 11) is 0. The van der Waals surface area contributed by atoms with Crippen LogP contribution in [0.5, 0.6) is 0 Å². The third-order valence-electron chi connectivity index (χ3n) is 7.82. The summed E-state index contributed by atoms with van der Waals surface area (Å²) in [5.41, 5.74) is 0.950. The lowest BCUT2D eigenvalue weighted by molar-refractivity contribution is -0.316. The van der Waals surface area contributed by atoms with Gasteiger partial charge in [-0.15, -0.1) is 0 Å². The second kappa shape index (κ2) is 14.2. The highest BCUT2D eigenvalue weighted by atomic mass is 16.7. The number of nitrogens with one attached hydrogen (secondary N) is 1. The lowest BCUT2D eigenvalue weighted by Gasteiger charge is -2.57. The molecule has 194 valence electrons. The average Bonchev–Trinajstić information content (AvgIpc) is 2.82. The van der Waals surface area contributed by atoms with E-state index < -0.39 is 0 Å². The van der Waals surface area contributed by atoms with Crippen LogP contribution in [0.15, 0.2) is 30.3 Å². The fourth-order valence-corrected chi connectivity index (χ4v) is 5.79. The van der Waals surface area contributed by atoms with Gasteiger partial charge in [-0.3, -0.25) is 9.63 Å². The molecule has 1 aliphatic rings. The molecule has 1 fully saturated rings. The molecule has 4 nitrogen and oxygen atoms in total. The van der Waals surface area contributed by atoms with Gasteiger partial charge in [0, 0.05) is 23.5 Å². The Morgan fingerprint density at radius 3 is 2.15 bits per heavy atom. The van der Waals surface area contributed by atoms with Crippen LogP contribution in [-0.4, -0.2) is 28.1 Å². The Morgan fingerprint density at radius 1 is 0.971 bits per heavy atom. The maximum atomic E-state index is 12.8. The molecule has 0 radical (unpaired) electrons. The number of piperidine rings is 1. The molecule has 1 N–H and O–H groups in total. The van der Waals surface area contributed by atoms with Crippen molar-refractivity contribution in [2.75, 3.05) is 0 Å². The molecular weight excluding hydrogens is 420 g/mol. The van der Waals surface area contributed by atoms with Gasteiger partial charge in [0.15, 0.2) is 0 Å². The summed E-state index contributed by atoms with van der Waals surface area (Å²) < 4.78 is 0. The van der Waals surface area contributed by atoms with E-state index in [9.17, 15) is 4.79 Å². The van der Waals surface area contributed by atoms with Gasteiger partial charge in [-0.25, -0.2) is 0 Å². The summed E-state index contributed by atoms with van der Waals surface area (Å²) >= 11 is 0. The molecule has 2 unspecified atom stereocenters. The Labute approximate surface area is 210 Å². The molecule has 1 amide bonds. The zero-order valence-electron chi connectivity index (χ0n) is 23.0. The van der Waals surface area contributed by atoms with E-state index >= 15 is 0 Å². The monoisotopic (exact) mass is 472 g/mol. The van der Waals surface area contributed by atoms with Crippen molar-refractivity contribution in [2.45, 2.75) is 148 Å². The normalized spacial score (nSPS) is 20.7. The Balaban J connectivity index is 1.91. The number of amides is 1. The van der Waals surface area contributed by atoms with Crippen molar-refractivity contribution >= 4 is 5.91 Å². The fourth-order valence-electron chi connectivity index (χ4n) is 5.79. The van der Waals surface area contributed by atoms with E-state index in [1.54, 1.807) is 0 Å². The number of benzene rings is 1. The molecule has 4 heteroatoms. The maximum absolute atomic E-state index is 12.8. The Morgan fingerprint density at radius 2 is 1.56 bits per heavy atom. The SMILES string of the molecule is CCCCCCCCCCC(=O)NC1CC(C)(C)N(OC(C)c2ccccc2)C(CC)(CC)C1. The van der Waals surface area contributed by atoms with Crippen molar-refractivity contribution in [3.05, 3.63) is 35.9 Å². The number of unbranched alkanes of at least 4 members (excludes halogenated alkanes) is 7. The van der Waals surface area contributed by atoms with Crippen LogP contribution in [0.1, 0.15) is 137 Å². The summed E-state index contributed by atoms with van der Waals surface area (Å²) in [6, 6.07) is 10.7. The van der Waals surface area contributed by atoms with Crippen LogP contribution in [0.3, 0.4) is 0 Å². The highest BCUT2D eigenvalue weighted by Gasteiger charge is 2.50. The maximum Gasteiger partial charge on any atom is 0.220 e. The van der Waals surface area contributed by atoms with E-state index in [1.165, 1.54) is 50.5 Å². The molecular formula is C30H52N2O2. The number of nitrogens with zero attached hydrogens (tertiary/aromatic N) is 1. The number of carbonyl (C=O) groups excluding carboxylic acids is 1. The summed E-state index contributed by atoms with van der Waals surface area (Å²) in [4.78, 5) is 19.5. The van der Waals surface area contributed by atoms with Gasteiger partial charge in [0.2, 0.25) is 5.91 Å². The van der Waals surface area contributed by atoms with Gasteiger partial charge in [0.1, 0.15) is 6.10 Å². The van der Waals surface area contributed by atoms with Crippen molar-refractivity contribution < 1.29 is 9.63 Å². The van der Waals surface area contributed by atoms with Gasteiger partial charge in [-0.1, -0.05) is 96.0 Å². The number of hydrogen-bond acceptors (Lipinski definition) is 3. The predicted octanol–water partition coefficient (Wildman–Crippen LogP) is 8.13. The van der Waals surface area contributed by atoms with Gasteiger partial charge < -0.3 is 5.32 Å². The van der Waals surface area contributed by atoms with Gasteiger partial charge in [-0.05, 0) is 58.4 Å². The minimum Gasteiger partial charge on any atom is -0.353 e. The van der Waals surface area contributed by atoms with Gasteiger partial charge in [0.05, 0.1) is 0 Å². The summed E-state index contributed by atoms with van der Waals surface area (Å²) in [6.45, 7) is 13.4. The number of carbonyl (C=O) groups is 1. The number of hydroxylamine groups is 2. The van der Waals surface area contributed by atoms with Crippen molar-refractivity contribution in [2.24, 2.45) is 0 Å². The second-order valence-electron chi connectivity index (χ2n) is 11.1. The van der Waals surface area contributed by atoms with Crippen molar-refractivity contribution in [3.63, 3.8) is 0 Å². The molecule has 34 heavy (non-hydrogen) atoms. The van der Waals surface area contributed by atoms with E-state index in [2.05, 4.69) is 76.2 Å². The minimum atomic E-state index is -0.163. The smallest absolute Gasteiger partial charge is 0.220 e. The van der Waals surface area contributed by atoms with Crippen LogP contribution < -0.4 is 5.32 Å². The molecule has 1 saturated heterocycles. The Bertz CT molecular complexity index is 699. The zero-order chi connectivity index (χ0) is 25.0. The third kappa shape index (κ3) is 8.37. The Hall–Kier alpha value is -1.39. The molecule has 0 bridgehead atoms. The highest BCUT2D eigenvalue weighted by Crippen LogP contribution is 2.44. The first-order valence-corrected chi connectivity index (χ1v) is 14.1. The number of hydrogen-bond donors (Lipinski definition) is 1. The van der Waals surface area contributed by atoms with Gasteiger partial charge in [0.25, 0.3) is 0 Å². The predicted molar refractivity (Wildman–Crippen MR) is 144 cm³/mol.